The first-order chi connectivity index (χ1) is 26.5. The Balaban J connectivity index is 1.01. The van der Waals surface area contributed by atoms with Gasteiger partial charge in [-0.1, -0.05) is 145 Å². The highest BCUT2D eigenvalue weighted by Crippen LogP contribution is 2.33. The average molecular weight is 691 g/mol. The van der Waals surface area contributed by atoms with Crippen molar-refractivity contribution < 1.29 is 0 Å². The number of rotatable bonds is 5. The molecule has 0 amide bonds. The van der Waals surface area contributed by atoms with E-state index in [1.807, 2.05) is 0 Å². The highest BCUT2D eigenvalue weighted by atomic mass is 14.8. The topological polar surface area (TPSA) is 51.6 Å². The monoisotopic (exact) mass is 690 g/mol. The van der Waals surface area contributed by atoms with Crippen molar-refractivity contribution in [1.82, 2.24) is 19.9 Å². The first-order valence-electron chi connectivity index (χ1n) is 18.3. The maximum atomic E-state index is 5.23. The molecule has 0 saturated carbocycles. The first kappa shape index (κ1) is 31.7. The molecule has 4 nitrogen and oxygen atoms in total. The number of fused-ring (bicyclic) bond motifs is 6. The Kier molecular flexibility index (Phi) is 7.55. The lowest BCUT2D eigenvalue weighted by atomic mass is 9.98. The third kappa shape index (κ3) is 5.75. The van der Waals surface area contributed by atoms with E-state index in [2.05, 4.69) is 184 Å². The fraction of sp³-hybridized carbons (Fsp3) is 0.0400. The minimum Gasteiger partial charge on any atom is -0.245 e. The fourth-order valence-corrected chi connectivity index (χ4v) is 7.34. The number of aromatic nitrogens is 4. The SMILES string of the molecule is Cc1ccc(-c2ccc3ccc4ccc(-c5cccc(-c6cccc(-c7ccc8ccc9ccc(-c%10ccc(C)cc%10)nc9c8n7)c6)c5)nc4c3n2)cc1. The van der Waals surface area contributed by atoms with Crippen LogP contribution in [0, 0.1) is 13.8 Å². The average Bonchev–Trinajstić information content (AvgIpc) is 3.23. The molecule has 0 fully saturated rings. The quantitative estimate of drug-likeness (QED) is 0.169. The van der Waals surface area contributed by atoms with E-state index in [1.54, 1.807) is 0 Å². The smallest absolute Gasteiger partial charge is 0.0972 e. The molecule has 254 valence electrons. The third-order valence-electron chi connectivity index (χ3n) is 10.4. The molecule has 10 rings (SSSR count). The molecular weight excluding hydrogens is 657 g/mol. The van der Waals surface area contributed by atoms with Gasteiger partial charge in [-0.2, -0.15) is 0 Å². The number of hydrogen-bond donors (Lipinski definition) is 0. The summed E-state index contributed by atoms with van der Waals surface area (Å²) in [5.41, 5.74) is 16.3. The van der Waals surface area contributed by atoms with Gasteiger partial charge in [0.2, 0.25) is 0 Å². The number of hydrogen-bond acceptors (Lipinski definition) is 4. The van der Waals surface area contributed by atoms with E-state index >= 15 is 0 Å². The lowest BCUT2D eigenvalue weighted by molar-refractivity contribution is 1.36. The third-order valence-corrected chi connectivity index (χ3v) is 10.4. The normalized spacial score (nSPS) is 11.5. The molecule has 0 radical (unpaired) electrons. The molecule has 10 aromatic rings. The largest absolute Gasteiger partial charge is 0.245 e. The van der Waals surface area contributed by atoms with Crippen LogP contribution in [-0.2, 0) is 0 Å². The molecule has 0 spiro atoms. The molecule has 0 bridgehead atoms. The van der Waals surface area contributed by atoms with Crippen LogP contribution in [0.3, 0.4) is 0 Å². The summed E-state index contributed by atoms with van der Waals surface area (Å²) in [5.74, 6) is 0. The van der Waals surface area contributed by atoms with Gasteiger partial charge in [-0.25, -0.2) is 19.9 Å². The van der Waals surface area contributed by atoms with E-state index < -0.39 is 0 Å². The van der Waals surface area contributed by atoms with Crippen molar-refractivity contribution in [2.45, 2.75) is 13.8 Å². The second-order valence-corrected chi connectivity index (χ2v) is 14.1. The highest BCUT2D eigenvalue weighted by Gasteiger charge is 2.12. The van der Waals surface area contributed by atoms with Crippen molar-refractivity contribution in [3.63, 3.8) is 0 Å². The van der Waals surface area contributed by atoms with Crippen molar-refractivity contribution in [1.29, 1.82) is 0 Å². The van der Waals surface area contributed by atoms with Gasteiger partial charge in [0.05, 0.1) is 44.8 Å². The molecule has 4 heterocycles. The number of pyridine rings is 4. The van der Waals surface area contributed by atoms with Gasteiger partial charge >= 0.3 is 0 Å². The van der Waals surface area contributed by atoms with Gasteiger partial charge in [0.1, 0.15) is 0 Å². The molecule has 0 unspecified atom stereocenters. The van der Waals surface area contributed by atoms with E-state index in [0.29, 0.717) is 0 Å². The van der Waals surface area contributed by atoms with Gasteiger partial charge in [0.25, 0.3) is 0 Å². The van der Waals surface area contributed by atoms with Gasteiger partial charge in [-0.3, -0.25) is 0 Å². The minimum atomic E-state index is 0.904. The van der Waals surface area contributed by atoms with Gasteiger partial charge in [0.15, 0.2) is 0 Å². The number of aryl methyl sites for hydroxylation is 2. The Bertz CT molecular complexity index is 2850. The first-order valence-corrected chi connectivity index (χ1v) is 18.3. The van der Waals surface area contributed by atoms with E-state index in [-0.39, 0.29) is 0 Å². The summed E-state index contributed by atoms with van der Waals surface area (Å²) in [6.45, 7) is 4.21. The predicted molar refractivity (Wildman–Crippen MR) is 224 cm³/mol. The molecule has 0 atom stereocenters. The van der Waals surface area contributed by atoms with Crippen molar-refractivity contribution in [2.75, 3.05) is 0 Å². The van der Waals surface area contributed by atoms with E-state index in [1.165, 1.54) is 11.1 Å². The van der Waals surface area contributed by atoms with Gasteiger partial charge in [0, 0.05) is 43.8 Å². The zero-order valence-corrected chi connectivity index (χ0v) is 30.0. The predicted octanol–water partition coefficient (Wildman–Crippen LogP) is 12.8. The van der Waals surface area contributed by atoms with Gasteiger partial charge < -0.3 is 0 Å². The van der Waals surface area contributed by atoms with Crippen LogP contribution in [0.5, 0.6) is 0 Å². The highest BCUT2D eigenvalue weighted by molar-refractivity contribution is 6.05. The summed E-state index contributed by atoms with van der Waals surface area (Å²) in [7, 11) is 0. The fourth-order valence-electron chi connectivity index (χ4n) is 7.34. The van der Waals surface area contributed by atoms with Crippen LogP contribution in [0.25, 0.3) is 99.8 Å². The number of nitrogens with zero attached hydrogens (tertiary/aromatic N) is 4. The van der Waals surface area contributed by atoms with Crippen LogP contribution in [0.15, 0.2) is 170 Å². The van der Waals surface area contributed by atoms with Crippen molar-refractivity contribution in [3.8, 4) is 56.2 Å². The van der Waals surface area contributed by atoms with E-state index in [0.717, 1.165) is 99.8 Å². The summed E-state index contributed by atoms with van der Waals surface area (Å²) in [4.78, 5) is 20.7. The Labute approximate surface area is 313 Å². The second kappa shape index (κ2) is 12.9. The molecule has 54 heavy (non-hydrogen) atoms. The molecule has 4 aromatic heterocycles. The molecule has 0 saturated heterocycles. The van der Waals surface area contributed by atoms with Crippen LogP contribution in [-0.4, -0.2) is 19.9 Å². The van der Waals surface area contributed by atoms with Crippen LogP contribution in [0.1, 0.15) is 11.1 Å². The summed E-state index contributed by atoms with van der Waals surface area (Å²) in [5, 5.41) is 4.29. The Morgan fingerprint density at radius 3 is 0.870 bits per heavy atom. The summed E-state index contributed by atoms with van der Waals surface area (Å²) < 4.78 is 0. The van der Waals surface area contributed by atoms with Crippen LogP contribution >= 0.6 is 0 Å². The lowest BCUT2D eigenvalue weighted by Gasteiger charge is -2.11. The van der Waals surface area contributed by atoms with Crippen molar-refractivity contribution >= 4 is 43.6 Å². The molecule has 0 aliphatic carbocycles. The van der Waals surface area contributed by atoms with Gasteiger partial charge in [-0.15, -0.1) is 0 Å². The van der Waals surface area contributed by atoms with Gasteiger partial charge in [-0.05, 0) is 61.4 Å². The van der Waals surface area contributed by atoms with Crippen molar-refractivity contribution in [3.05, 3.63) is 181 Å². The van der Waals surface area contributed by atoms with E-state index in [9.17, 15) is 0 Å². The Hall–Kier alpha value is -7.04. The lowest BCUT2D eigenvalue weighted by Crippen LogP contribution is -1.92. The molecule has 4 heteroatoms. The summed E-state index contributed by atoms with van der Waals surface area (Å²) in [6.07, 6.45) is 0. The summed E-state index contributed by atoms with van der Waals surface area (Å²) >= 11 is 0. The summed E-state index contributed by atoms with van der Waals surface area (Å²) in [6, 6.07) is 59.8. The maximum Gasteiger partial charge on any atom is 0.0972 e. The Morgan fingerprint density at radius 2 is 0.537 bits per heavy atom. The zero-order valence-electron chi connectivity index (χ0n) is 30.0. The van der Waals surface area contributed by atoms with Crippen LogP contribution < -0.4 is 0 Å². The standard InChI is InChI=1S/C50H34N4/c1-31-9-13-33(14-10-31)43-25-21-35-17-19-37-23-27-45(53-49(37)47(35)51-43)41-7-3-5-39(29-41)40-6-4-8-42(30-40)46-28-24-38-20-18-36-22-26-44(52-48(36)50(38)54-46)34-15-11-32(2)12-16-34/h3-30H,1-2H3. The maximum absolute atomic E-state index is 5.23. The molecule has 6 aromatic carbocycles. The van der Waals surface area contributed by atoms with E-state index in [4.69, 9.17) is 19.9 Å². The Morgan fingerprint density at radius 1 is 0.259 bits per heavy atom. The molecule has 0 aliphatic heterocycles. The molecule has 0 aliphatic rings. The van der Waals surface area contributed by atoms with Crippen molar-refractivity contribution in [2.24, 2.45) is 0 Å². The molecular formula is C50H34N4. The zero-order chi connectivity index (χ0) is 36.2. The minimum absolute atomic E-state index is 0.904. The second-order valence-electron chi connectivity index (χ2n) is 14.1. The van der Waals surface area contributed by atoms with Crippen LogP contribution in [0.2, 0.25) is 0 Å². The molecule has 0 N–H and O–H groups in total. The van der Waals surface area contributed by atoms with Crippen LogP contribution in [0.4, 0.5) is 0 Å². The number of benzene rings is 6.